The summed E-state index contributed by atoms with van der Waals surface area (Å²) in [5.41, 5.74) is -0.237. The molecule has 1 N–H and O–H groups in total. The highest BCUT2D eigenvalue weighted by Gasteiger charge is 2.24. The van der Waals surface area contributed by atoms with Gasteiger partial charge in [0.2, 0.25) is 5.91 Å². The van der Waals surface area contributed by atoms with Gasteiger partial charge in [0.05, 0.1) is 13.2 Å². The number of nitrogens with one attached hydrogen (secondary N) is 1. The molecular weight excluding hydrogens is 216 g/mol. The van der Waals surface area contributed by atoms with E-state index in [9.17, 15) is 4.79 Å². The molecule has 0 radical (unpaired) electrons. The van der Waals surface area contributed by atoms with Gasteiger partial charge >= 0.3 is 0 Å². The minimum absolute atomic E-state index is 0.168. The highest BCUT2D eigenvalue weighted by Crippen LogP contribution is 2.19. The SMILES string of the molecule is CCC(C)(C)C(=O)NCCCN1CCOCC1. The highest BCUT2D eigenvalue weighted by atomic mass is 16.5. The zero-order valence-corrected chi connectivity index (χ0v) is 11.4. The number of carbonyl (C=O) groups is 1. The van der Waals surface area contributed by atoms with Gasteiger partial charge in [0, 0.05) is 25.0 Å². The summed E-state index contributed by atoms with van der Waals surface area (Å²) in [6, 6.07) is 0. The van der Waals surface area contributed by atoms with Gasteiger partial charge in [-0.25, -0.2) is 0 Å². The van der Waals surface area contributed by atoms with Gasteiger partial charge < -0.3 is 10.1 Å². The molecule has 4 nitrogen and oxygen atoms in total. The summed E-state index contributed by atoms with van der Waals surface area (Å²) in [4.78, 5) is 14.2. The Balaban J connectivity index is 2.09. The zero-order valence-electron chi connectivity index (χ0n) is 11.4. The van der Waals surface area contributed by atoms with E-state index >= 15 is 0 Å². The monoisotopic (exact) mass is 242 g/mol. The van der Waals surface area contributed by atoms with Crippen molar-refractivity contribution < 1.29 is 9.53 Å². The quantitative estimate of drug-likeness (QED) is 0.713. The predicted octanol–water partition coefficient (Wildman–Crippen LogP) is 1.26. The molecule has 0 aromatic heterocycles. The second-order valence-electron chi connectivity index (χ2n) is 5.30. The topological polar surface area (TPSA) is 41.6 Å². The van der Waals surface area contributed by atoms with Crippen LogP contribution in [0.1, 0.15) is 33.6 Å². The number of ether oxygens (including phenoxy) is 1. The molecule has 17 heavy (non-hydrogen) atoms. The Hall–Kier alpha value is -0.610. The van der Waals surface area contributed by atoms with E-state index in [1.165, 1.54) is 0 Å². The van der Waals surface area contributed by atoms with Crippen molar-refractivity contribution in [2.45, 2.75) is 33.6 Å². The minimum atomic E-state index is -0.237. The standard InChI is InChI=1S/C13H26N2O2/c1-4-13(2,3)12(16)14-6-5-7-15-8-10-17-11-9-15/h4-11H2,1-3H3,(H,14,16). The fourth-order valence-electron chi connectivity index (χ4n) is 1.73. The van der Waals surface area contributed by atoms with Crippen molar-refractivity contribution in [3.63, 3.8) is 0 Å². The van der Waals surface area contributed by atoms with E-state index in [4.69, 9.17) is 4.74 Å². The lowest BCUT2D eigenvalue weighted by atomic mass is 9.89. The van der Waals surface area contributed by atoms with Crippen molar-refractivity contribution in [1.82, 2.24) is 10.2 Å². The van der Waals surface area contributed by atoms with E-state index in [1.54, 1.807) is 0 Å². The fraction of sp³-hybridized carbons (Fsp3) is 0.923. The first-order chi connectivity index (χ1) is 8.06. The Morgan fingerprint density at radius 2 is 2.00 bits per heavy atom. The third-order valence-electron chi connectivity index (χ3n) is 3.54. The molecule has 0 aromatic rings. The van der Waals surface area contributed by atoms with Gasteiger partial charge in [-0.05, 0) is 19.4 Å². The normalized spacial score (nSPS) is 18.1. The fourth-order valence-corrected chi connectivity index (χ4v) is 1.73. The van der Waals surface area contributed by atoms with Gasteiger partial charge in [0.25, 0.3) is 0 Å². The maximum atomic E-state index is 11.8. The Morgan fingerprint density at radius 3 is 2.59 bits per heavy atom. The molecule has 1 amide bonds. The molecule has 0 spiro atoms. The van der Waals surface area contributed by atoms with E-state index in [2.05, 4.69) is 10.2 Å². The van der Waals surface area contributed by atoms with Gasteiger partial charge in [-0.15, -0.1) is 0 Å². The summed E-state index contributed by atoms with van der Waals surface area (Å²) in [5, 5.41) is 3.02. The molecule has 1 saturated heterocycles. The van der Waals surface area contributed by atoms with E-state index in [-0.39, 0.29) is 11.3 Å². The van der Waals surface area contributed by atoms with Crippen LogP contribution in [0.3, 0.4) is 0 Å². The number of carbonyl (C=O) groups excluding carboxylic acids is 1. The van der Waals surface area contributed by atoms with E-state index < -0.39 is 0 Å². The Morgan fingerprint density at radius 1 is 1.35 bits per heavy atom. The molecule has 1 aliphatic rings. The van der Waals surface area contributed by atoms with Crippen LogP contribution in [0.2, 0.25) is 0 Å². The Bertz CT molecular complexity index is 236. The van der Waals surface area contributed by atoms with E-state index in [0.717, 1.165) is 52.2 Å². The maximum Gasteiger partial charge on any atom is 0.225 e. The zero-order chi connectivity index (χ0) is 12.7. The predicted molar refractivity (Wildman–Crippen MR) is 69.0 cm³/mol. The summed E-state index contributed by atoms with van der Waals surface area (Å²) in [6.45, 7) is 11.6. The summed E-state index contributed by atoms with van der Waals surface area (Å²) in [7, 11) is 0. The lowest BCUT2D eigenvalue weighted by Gasteiger charge is -2.27. The van der Waals surface area contributed by atoms with Gasteiger partial charge in [-0.1, -0.05) is 20.8 Å². The van der Waals surface area contributed by atoms with Crippen LogP contribution in [0, 0.1) is 5.41 Å². The molecule has 0 unspecified atom stereocenters. The number of hydrogen-bond acceptors (Lipinski definition) is 3. The molecule has 0 aromatic carbocycles. The van der Waals surface area contributed by atoms with Crippen molar-refractivity contribution in [1.29, 1.82) is 0 Å². The first kappa shape index (κ1) is 14.5. The van der Waals surface area contributed by atoms with Crippen LogP contribution in [0.4, 0.5) is 0 Å². The van der Waals surface area contributed by atoms with Crippen molar-refractivity contribution in [2.75, 3.05) is 39.4 Å². The lowest BCUT2D eigenvalue weighted by Crippen LogP contribution is -2.40. The van der Waals surface area contributed by atoms with Crippen LogP contribution in [-0.4, -0.2) is 50.2 Å². The van der Waals surface area contributed by atoms with Crippen LogP contribution in [0.15, 0.2) is 0 Å². The number of nitrogens with zero attached hydrogens (tertiary/aromatic N) is 1. The van der Waals surface area contributed by atoms with Crippen LogP contribution >= 0.6 is 0 Å². The molecule has 0 aliphatic carbocycles. The number of morpholine rings is 1. The van der Waals surface area contributed by atoms with Gasteiger partial charge in [0.1, 0.15) is 0 Å². The Labute approximate surface area is 105 Å². The molecule has 1 fully saturated rings. The summed E-state index contributed by atoms with van der Waals surface area (Å²) >= 11 is 0. The molecule has 0 saturated carbocycles. The Kier molecular flexibility index (Phi) is 5.92. The third kappa shape index (κ3) is 5.04. The summed E-state index contributed by atoms with van der Waals surface area (Å²) in [5.74, 6) is 0.168. The minimum Gasteiger partial charge on any atom is -0.379 e. The first-order valence-corrected chi connectivity index (χ1v) is 6.64. The van der Waals surface area contributed by atoms with Crippen LogP contribution < -0.4 is 5.32 Å². The van der Waals surface area contributed by atoms with Gasteiger partial charge in [-0.2, -0.15) is 0 Å². The van der Waals surface area contributed by atoms with Crippen LogP contribution in [-0.2, 0) is 9.53 Å². The summed E-state index contributed by atoms with van der Waals surface area (Å²) < 4.78 is 5.29. The number of rotatable bonds is 6. The molecule has 1 heterocycles. The highest BCUT2D eigenvalue weighted by molar-refractivity contribution is 5.81. The van der Waals surface area contributed by atoms with Crippen molar-refractivity contribution in [3.8, 4) is 0 Å². The van der Waals surface area contributed by atoms with Crippen molar-refractivity contribution >= 4 is 5.91 Å². The van der Waals surface area contributed by atoms with Crippen molar-refractivity contribution in [3.05, 3.63) is 0 Å². The van der Waals surface area contributed by atoms with Gasteiger partial charge in [-0.3, -0.25) is 9.69 Å². The molecule has 0 bridgehead atoms. The maximum absolute atomic E-state index is 11.8. The first-order valence-electron chi connectivity index (χ1n) is 6.64. The van der Waals surface area contributed by atoms with E-state index in [1.807, 2.05) is 20.8 Å². The molecular formula is C13H26N2O2. The number of hydrogen-bond donors (Lipinski definition) is 1. The smallest absolute Gasteiger partial charge is 0.225 e. The van der Waals surface area contributed by atoms with Crippen LogP contribution in [0.5, 0.6) is 0 Å². The largest absolute Gasteiger partial charge is 0.379 e. The average molecular weight is 242 g/mol. The van der Waals surface area contributed by atoms with Crippen LogP contribution in [0.25, 0.3) is 0 Å². The molecule has 1 aliphatic heterocycles. The molecule has 0 atom stereocenters. The third-order valence-corrected chi connectivity index (χ3v) is 3.54. The second kappa shape index (κ2) is 6.97. The lowest BCUT2D eigenvalue weighted by molar-refractivity contribution is -0.129. The molecule has 100 valence electrons. The number of amides is 1. The van der Waals surface area contributed by atoms with Gasteiger partial charge in [0.15, 0.2) is 0 Å². The molecule has 4 heteroatoms. The van der Waals surface area contributed by atoms with E-state index in [0.29, 0.717) is 0 Å². The second-order valence-corrected chi connectivity index (χ2v) is 5.30. The average Bonchev–Trinajstić information content (AvgIpc) is 2.35. The summed E-state index contributed by atoms with van der Waals surface area (Å²) in [6.07, 6.45) is 1.90. The van der Waals surface area contributed by atoms with Crippen molar-refractivity contribution in [2.24, 2.45) is 5.41 Å². The molecule has 1 rings (SSSR count).